The first-order valence-corrected chi connectivity index (χ1v) is 7.45. The molecule has 0 aliphatic carbocycles. The van der Waals surface area contributed by atoms with E-state index in [1.165, 1.54) is 18.2 Å². The fourth-order valence-electron chi connectivity index (χ4n) is 1.47. The third-order valence-electron chi connectivity index (χ3n) is 2.47. The second-order valence-corrected chi connectivity index (χ2v) is 5.97. The molecule has 1 aromatic carbocycles. The molecule has 0 saturated carbocycles. The number of carbonyl (C=O) groups is 1. The minimum absolute atomic E-state index is 0.0477. The summed E-state index contributed by atoms with van der Waals surface area (Å²) in [4.78, 5) is 15.3. The molecule has 2 aromatic rings. The van der Waals surface area contributed by atoms with Gasteiger partial charge >= 0.3 is 0 Å². The van der Waals surface area contributed by atoms with Crippen LogP contribution in [0.5, 0.6) is 0 Å². The van der Waals surface area contributed by atoms with Crippen LogP contribution in [0.4, 0.5) is 10.1 Å². The number of aromatic nitrogens is 1. The first-order chi connectivity index (χ1) is 9.77. The van der Waals surface area contributed by atoms with Gasteiger partial charge in [-0.1, -0.05) is 11.6 Å². The zero-order valence-electron chi connectivity index (χ0n) is 10.4. The minimum atomic E-state index is -3.92. The van der Waals surface area contributed by atoms with Gasteiger partial charge in [0.1, 0.15) is 11.5 Å². The van der Waals surface area contributed by atoms with E-state index in [9.17, 15) is 17.6 Å². The Morgan fingerprint density at radius 2 is 2.00 bits per heavy atom. The van der Waals surface area contributed by atoms with Crippen molar-refractivity contribution in [3.05, 3.63) is 53.1 Å². The highest BCUT2D eigenvalue weighted by Crippen LogP contribution is 2.25. The average molecular weight is 330 g/mol. The summed E-state index contributed by atoms with van der Waals surface area (Å²) in [7, 11) is -3.92. The molecule has 0 spiro atoms. The highest BCUT2D eigenvalue weighted by atomic mass is 35.5. The Hall–Kier alpha value is -2.03. The number of hydrogen-bond donors (Lipinski definition) is 2. The third-order valence-corrected chi connectivity index (χ3v) is 3.72. The van der Waals surface area contributed by atoms with Crippen molar-refractivity contribution < 1.29 is 17.6 Å². The van der Waals surface area contributed by atoms with Crippen molar-refractivity contribution in [3.63, 3.8) is 0 Å². The van der Waals surface area contributed by atoms with Gasteiger partial charge in [0.25, 0.3) is 5.91 Å². The SMILES string of the molecule is NS(=O)(=O)c1ccc(Cl)c(NC(=O)c2ccc(F)cn2)c1. The van der Waals surface area contributed by atoms with E-state index in [1.807, 2.05) is 0 Å². The van der Waals surface area contributed by atoms with Crippen LogP contribution in [0.3, 0.4) is 0 Å². The van der Waals surface area contributed by atoms with E-state index in [1.54, 1.807) is 0 Å². The number of nitrogens with zero attached hydrogens (tertiary/aromatic N) is 1. The lowest BCUT2D eigenvalue weighted by Gasteiger charge is -2.08. The Balaban J connectivity index is 2.31. The number of sulfonamides is 1. The highest BCUT2D eigenvalue weighted by molar-refractivity contribution is 7.89. The van der Waals surface area contributed by atoms with E-state index in [2.05, 4.69) is 10.3 Å². The normalized spacial score (nSPS) is 11.2. The predicted molar refractivity (Wildman–Crippen MR) is 75.0 cm³/mol. The highest BCUT2D eigenvalue weighted by Gasteiger charge is 2.14. The number of rotatable bonds is 3. The van der Waals surface area contributed by atoms with Crippen LogP contribution in [0.1, 0.15) is 10.5 Å². The number of primary sulfonamides is 1. The molecular formula is C12H9ClFN3O3S. The van der Waals surface area contributed by atoms with Gasteiger partial charge in [-0.25, -0.2) is 22.9 Å². The van der Waals surface area contributed by atoms with Gasteiger partial charge in [0.15, 0.2) is 0 Å². The number of anilines is 1. The van der Waals surface area contributed by atoms with E-state index < -0.39 is 21.7 Å². The summed E-state index contributed by atoms with van der Waals surface area (Å²) in [6.45, 7) is 0. The van der Waals surface area contributed by atoms with Crippen molar-refractivity contribution in [1.82, 2.24) is 4.98 Å². The van der Waals surface area contributed by atoms with E-state index in [0.717, 1.165) is 18.3 Å². The second-order valence-electron chi connectivity index (χ2n) is 4.00. The monoisotopic (exact) mass is 329 g/mol. The van der Waals surface area contributed by atoms with Gasteiger partial charge in [-0.2, -0.15) is 0 Å². The van der Waals surface area contributed by atoms with E-state index >= 15 is 0 Å². The quantitative estimate of drug-likeness (QED) is 0.895. The molecule has 0 aliphatic rings. The summed E-state index contributed by atoms with van der Waals surface area (Å²) >= 11 is 5.87. The summed E-state index contributed by atoms with van der Waals surface area (Å²) < 4.78 is 35.2. The standard InChI is InChI=1S/C12H9ClFN3O3S/c13-9-3-2-8(21(15,19)20)5-11(9)17-12(18)10-4-1-7(14)6-16-10/h1-6H,(H,17,18)(H2,15,19,20). The smallest absolute Gasteiger partial charge is 0.274 e. The van der Waals surface area contributed by atoms with Crippen molar-refractivity contribution in [2.75, 3.05) is 5.32 Å². The van der Waals surface area contributed by atoms with E-state index in [-0.39, 0.29) is 21.3 Å². The van der Waals surface area contributed by atoms with Gasteiger partial charge in [0.2, 0.25) is 10.0 Å². The molecule has 1 amide bonds. The summed E-state index contributed by atoms with van der Waals surface area (Å²) in [6.07, 6.45) is 0.886. The van der Waals surface area contributed by atoms with Crippen molar-refractivity contribution in [2.45, 2.75) is 4.90 Å². The zero-order chi connectivity index (χ0) is 15.6. The number of nitrogens with one attached hydrogen (secondary N) is 1. The maximum Gasteiger partial charge on any atom is 0.274 e. The Bertz CT molecular complexity index is 794. The van der Waals surface area contributed by atoms with Crippen molar-refractivity contribution >= 4 is 33.2 Å². The molecule has 21 heavy (non-hydrogen) atoms. The van der Waals surface area contributed by atoms with Crippen LogP contribution in [-0.2, 0) is 10.0 Å². The molecule has 0 radical (unpaired) electrons. The van der Waals surface area contributed by atoms with Crippen LogP contribution in [0.15, 0.2) is 41.4 Å². The fraction of sp³-hybridized carbons (Fsp3) is 0. The largest absolute Gasteiger partial charge is 0.319 e. The molecule has 9 heteroatoms. The lowest BCUT2D eigenvalue weighted by atomic mass is 10.3. The zero-order valence-corrected chi connectivity index (χ0v) is 12.0. The molecule has 1 heterocycles. The number of carbonyl (C=O) groups excluding carboxylic acids is 1. The molecule has 3 N–H and O–H groups in total. The van der Waals surface area contributed by atoms with Crippen LogP contribution in [0.25, 0.3) is 0 Å². The third kappa shape index (κ3) is 3.75. The Morgan fingerprint density at radius 1 is 1.29 bits per heavy atom. The minimum Gasteiger partial charge on any atom is -0.319 e. The molecule has 0 fully saturated rings. The van der Waals surface area contributed by atoms with Crippen LogP contribution in [0, 0.1) is 5.82 Å². The molecular weight excluding hydrogens is 321 g/mol. The summed E-state index contributed by atoms with van der Waals surface area (Å²) in [5.74, 6) is -1.25. The van der Waals surface area contributed by atoms with Gasteiger partial charge in [-0.05, 0) is 30.3 Å². The number of nitrogens with two attached hydrogens (primary N) is 1. The molecule has 6 nitrogen and oxygen atoms in total. The molecule has 2 rings (SSSR count). The molecule has 0 unspecified atom stereocenters. The van der Waals surface area contributed by atoms with Crippen molar-refractivity contribution in [3.8, 4) is 0 Å². The number of halogens is 2. The van der Waals surface area contributed by atoms with Crippen molar-refractivity contribution in [2.24, 2.45) is 5.14 Å². The number of pyridine rings is 1. The van der Waals surface area contributed by atoms with Gasteiger partial charge in [-0.15, -0.1) is 0 Å². The number of benzene rings is 1. The van der Waals surface area contributed by atoms with E-state index in [0.29, 0.717) is 0 Å². The molecule has 110 valence electrons. The van der Waals surface area contributed by atoms with Crippen LogP contribution >= 0.6 is 11.6 Å². The predicted octanol–water partition coefficient (Wildman–Crippen LogP) is 1.77. The van der Waals surface area contributed by atoms with Gasteiger partial charge in [-0.3, -0.25) is 4.79 Å². The first-order valence-electron chi connectivity index (χ1n) is 5.52. The average Bonchev–Trinajstić information content (AvgIpc) is 2.40. The lowest BCUT2D eigenvalue weighted by Crippen LogP contribution is -2.16. The maximum absolute atomic E-state index is 12.7. The van der Waals surface area contributed by atoms with Crippen molar-refractivity contribution in [1.29, 1.82) is 0 Å². The molecule has 0 aliphatic heterocycles. The summed E-state index contributed by atoms with van der Waals surface area (Å²) in [5, 5.41) is 7.50. The second kappa shape index (κ2) is 5.76. The maximum atomic E-state index is 12.7. The Labute approximate surface area is 124 Å². The summed E-state index contributed by atoms with van der Waals surface area (Å²) in [6, 6.07) is 5.88. The van der Waals surface area contributed by atoms with Crippen LogP contribution < -0.4 is 10.5 Å². The van der Waals surface area contributed by atoms with Crippen LogP contribution in [0.2, 0.25) is 5.02 Å². The van der Waals surface area contributed by atoms with E-state index in [4.69, 9.17) is 16.7 Å². The van der Waals surface area contributed by atoms with Crippen LogP contribution in [-0.4, -0.2) is 19.3 Å². The fourth-order valence-corrected chi connectivity index (χ4v) is 2.18. The Kier molecular flexibility index (Phi) is 4.21. The molecule has 0 bridgehead atoms. The number of hydrogen-bond acceptors (Lipinski definition) is 4. The molecule has 0 atom stereocenters. The lowest BCUT2D eigenvalue weighted by molar-refractivity contribution is 0.102. The van der Waals surface area contributed by atoms with Gasteiger partial charge in [0, 0.05) is 0 Å². The molecule has 0 saturated heterocycles. The van der Waals surface area contributed by atoms with Gasteiger partial charge in [0.05, 0.1) is 21.8 Å². The summed E-state index contributed by atoms with van der Waals surface area (Å²) in [5.41, 5.74) is 0.00721. The number of amides is 1. The topological polar surface area (TPSA) is 102 Å². The Morgan fingerprint density at radius 3 is 2.57 bits per heavy atom. The first kappa shape index (κ1) is 15.4. The van der Waals surface area contributed by atoms with Gasteiger partial charge < -0.3 is 5.32 Å². The molecule has 1 aromatic heterocycles.